The molecule has 0 unspecified atom stereocenters. The molecule has 40 heavy (non-hydrogen) atoms. The SMILES string of the molecule is Cc1cc(C)c(B(c2ccc(N(Cc3ccccc3)Cc3ccccc3)cc2)c2c(C)cc(C)cc2C)c(C)c1. The molecule has 0 N–H and O–H groups in total. The highest BCUT2D eigenvalue weighted by Crippen LogP contribution is 2.21. The topological polar surface area (TPSA) is 3.24 Å². The van der Waals surface area contributed by atoms with Crippen molar-refractivity contribution in [2.75, 3.05) is 4.90 Å². The number of aryl methyl sites for hydroxylation is 6. The molecule has 5 aromatic carbocycles. The maximum Gasteiger partial charge on any atom is 0.242 e. The smallest absolute Gasteiger partial charge is 0.242 e. The van der Waals surface area contributed by atoms with E-state index in [0.717, 1.165) is 13.1 Å². The lowest BCUT2D eigenvalue weighted by Crippen LogP contribution is -2.55. The summed E-state index contributed by atoms with van der Waals surface area (Å²) in [5.41, 5.74) is 16.2. The van der Waals surface area contributed by atoms with Gasteiger partial charge in [-0.3, -0.25) is 0 Å². The Morgan fingerprint density at radius 3 is 1.23 bits per heavy atom. The van der Waals surface area contributed by atoms with Gasteiger partial charge in [-0.1, -0.05) is 147 Å². The zero-order valence-corrected chi connectivity index (χ0v) is 24.8. The first-order valence-corrected chi connectivity index (χ1v) is 14.4. The molecule has 5 rings (SSSR count). The molecule has 5 aromatic rings. The maximum absolute atomic E-state index is 2.48. The molecule has 0 heterocycles. The van der Waals surface area contributed by atoms with Gasteiger partial charge in [0, 0.05) is 18.8 Å². The molecular weight excluding hydrogens is 481 g/mol. The molecule has 0 amide bonds. The second-order valence-corrected chi connectivity index (χ2v) is 11.5. The molecule has 200 valence electrons. The second kappa shape index (κ2) is 12.0. The quantitative estimate of drug-likeness (QED) is 0.194. The normalized spacial score (nSPS) is 10.9. The van der Waals surface area contributed by atoms with E-state index in [0.29, 0.717) is 0 Å². The molecule has 0 saturated heterocycles. The number of hydrogen-bond donors (Lipinski definition) is 0. The van der Waals surface area contributed by atoms with Crippen LogP contribution >= 0.6 is 0 Å². The molecule has 1 nitrogen and oxygen atoms in total. The molecule has 0 aliphatic carbocycles. The summed E-state index contributed by atoms with van der Waals surface area (Å²) in [5.74, 6) is 0. The largest absolute Gasteiger partial charge is 0.363 e. The molecule has 0 radical (unpaired) electrons. The lowest BCUT2D eigenvalue weighted by Gasteiger charge is -2.27. The van der Waals surface area contributed by atoms with Crippen LogP contribution in [0, 0.1) is 41.5 Å². The van der Waals surface area contributed by atoms with Gasteiger partial charge in [-0.05, 0) is 64.8 Å². The third-order valence-corrected chi connectivity index (χ3v) is 8.08. The summed E-state index contributed by atoms with van der Waals surface area (Å²) in [6, 6.07) is 40.3. The van der Waals surface area contributed by atoms with Crippen molar-refractivity contribution in [3.8, 4) is 0 Å². The number of benzene rings is 5. The van der Waals surface area contributed by atoms with Crippen LogP contribution in [-0.2, 0) is 13.1 Å². The van der Waals surface area contributed by atoms with Gasteiger partial charge in [-0.2, -0.15) is 0 Å². The van der Waals surface area contributed by atoms with Crippen molar-refractivity contribution >= 4 is 28.8 Å². The first-order valence-electron chi connectivity index (χ1n) is 14.4. The Hall–Kier alpha value is -4.04. The van der Waals surface area contributed by atoms with Gasteiger partial charge in [-0.25, -0.2) is 0 Å². The summed E-state index contributed by atoms with van der Waals surface area (Å²) in [5, 5.41) is 0. The minimum absolute atomic E-state index is 0.187. The van der Waals surface area contributed by atoms with Crippen LogP contribution in [0.2, 0.25) is 0 Å². The third kappa shape index (κ3) is 6.07. The van der Waals surface area contributed by atoms with Gasteiger partial charge in [0.25, 0.3) is 0 Å². The van der Waals surface area contributed by atoms with Crippen LogP contribution in [0.4, 0.5) is 5.69 Å². The predicted molar refractivity (Wildman–Crippen MR) is 175 cm³/mol. The summed E-state index contributed by atoms with van der Waals surface area (Å²) in [7, 11) is 0. The predicted octanol–water partition coefficient (Wildman–Crippen LogP) is 7.26. The molecule has 0 bridgehead atoms. The molecule has 0 aromatic heterocycles. The number of hydrogen-bond acceptors (Lipinski definition) is 1. The Balaban J connectivity index is 1.59. The van der Waals surface area contributed by atoms with Crippen LogP contribution in [0.1, 0.15) is 44.5 Å². The zero-order chi connectivity index (χ0) is 28.2. The van der Waals surface area contributed by atoms with Crippen molar-refractivity contribution in [2.24, 2.45) is 0 Å². The van der Waals surface area contributed by atoms with E-state index in [1.165, 1.54) is 66.6 Å². The average Bonchev–Trinajstić information content (AvgIpc) is 2.92. The number of rotatable bonds is 8. The Morgan fingerprint density at radius 2 is 0.850 bits per heavy atom. The molecule has 0 aliphatic heterocycles. The van der Waals surface area contributed by atoms with E-state index in [2.05, 4.69) is 156 Å². The van der Waals surface area contributed by atoms with Gasteiger partial charge in [-0.15, -0.1) is 0 Å². The van der Waals surface area contributed by atoms with Gasteiger partial charge < -0.3 is 4.90 Å². The highest BCUT2D eigenvalue weighted by molar-refractivity contribution is 6.96. The average molecular weight is 522 g/mol. The Morgan fingerprint density at radius 1 is 0.475 bits per heavy atom. The van der Waals surface area contributed by atoms with Crippen LogP contribution < -0.4 is 21.3 Å². The van der Waals surface area contributed by atoms with E-state index in [4.69, 9.17) is 0 Å². The highest BCUT2D eigenvalue weighted by atomic mass is 15.1. The number of anilines is 1. The summed E-state index contributed by atoms with van der Waals surface area (Å²) in [6.07, 6.45) is 0. The van der Waals surface area contributed by atoms with E-state index in [1.807, 2.05) is 0 Å². The molecular formula is C38H40BN. The Bertz CT molecular complexity index is 1440. The minimum Gasteiger partial charge on any atom is -0.363 e. The van der Waals surface area contributed by atoms with Crippen molar-refractivity contribution < 1.29 is 0 Å². The van der Waals surface area contributed by atoms with E-state index >= 15 is 0 Å². The molecule has 0 aliphatic rings. The third-order valence-electron chi connectivity index (χ3n) is 8.08. The fourth-order valence-electron chi connectivity index (χ4n) is 6.49. The van der Waals surface area contributed by atoms with Crippen LogP contribution in [0.15, 0.2) is 109 Å². The van der Waals surface area contributed by atoms with Gasteiger partial charge in [0.2, 0.25) is 6.71 Å². The van der Waals surface area contributed by atoms with Crippen molar-refractivity contribution in [3.63, 3.8) is 0 Å². The summed E-state index contributed by atoms with van der Waals surface area (Å²) in [6.45, 7) is 15.4. The van der Waals surface area contributed by atoms with E-state index in [9.17, 15) is 0 Å². The summed E-state index contributed by atoms with van der Waals surface area (Å²) >= 11 is 0. The van der Waals surface area contributed by atoms with E-state index in [-0.39, 0.29) is 6.71 Å². The first-order chi connectivity index (χ1) is 19.3. The van der Waals surface area contributed by atoms with Crippen LogP contribution in [0.5, 0.6) is 0 Å². The zero-order valence-electron chi connectivity index (χ0n) is 24.8. The molecule has 2 heteroatoms. The van der Waals surface area contributed by atoms with Crippen LogP contribution in [-0.4, -0.2) is 6.71 Å². The van der Waals surface area contributed by atoms with Crippen molar-refractivity contribution in [1.82, 2.24) is 0 Å². The van der Waals surface area contributed by atoms with Gasteiger partial charge >= 0.3 is 0 Å². The van der Waals surface area contributed by atoms with E-state index < -0.39 is 0 Å². The maximum atomic E-state index is 2.48. The summed E-state index contributed by atoms with van der Waals surface area (Å²) in [4.78, 5) is 2.48. The lowest BCUT2D eigenvalue weighted by atomic mass is 9.34. The molecule has 0 atom stereocenters. The number of nitrogens with zero attached hydrogens (tertiary/aromatic N) is 1. The lowest BCUT2D eigenvalue weighted by molar-refractivity contribution is 0.800. The van der Waals surface area contributed by atoms with Crippen molar-refractivity contribution in [2.45, 2.75) is 54.6 Å². The highest BCUT2D eigenvalue weighted by Gasteiger charge is 2.28. The van der Waals surface area contributed by atoms with Crippen LogP contribution in [0.3, 0.4) is 0 Å². The minimum atomic E-state index is 0.187. The molecule has 0 spiro atoms. The van der Waals surface area contributed by atoms with Crippen LogP contribution in [0.25, 0.3) is 0 Å². The summed E-state index contributed by atoms with van der Waals surface area (Å²) < 4.78 is 0. The second-order valence-electron chi connectivity index (χ2n) is 11.5. The van der Waals surface area contributed by atoms with Gasteiger partial charge in [0.1, 0.15) is 0 Å². The van der Waals surface area contributed by atoms with E-state index in [1.54, 1.807) is 0 Å². The standard InChI is InChI=1S/C38H40BN/c1-27-21-29(3)37(30(4)22-27)39(38-31(5)23-28(2)24-32(38)6)35-17-19-36(20-18-35)40(25-33-13-9-7-10-14-33)26-34-15-11-8-12-16-34/h7-24H,25-26H2,1-6H3. The van der Waals surface area contributed by atoms with Crippen molar-refractivity contribution in [3.05, 3.63) is 154 Å². The Labute approximate surface area is 241 Å². The fourth-order valence-corrected chi connectivity index (χ4v) is 6.49. The fraction of sp³-hybridized carbons (Fsp3) is 0.211. The Kier molecular flexibility index (Phi) is 8.26. The van der Waals surface area contributed by atoms with Gasteiger partial charge in [0.05, 0.1) is 0 Å². The molecule has 0 saturated carbocycles. The van der Waals surface area contributed by atoms with Crippen molar-refractivity contribution in [1.29, 1.82) is 0 Å². The molecule has 0 fully saturated rings. The first kappa shape index (κ1) is 27.5. The van der Waals surface area contributed by atoms with Gasteiger partial charge in [0.15, 0.2) is 0 Å². The monoisotopic (exact) mass is 521 g/mol.